The highest BCUT2D eigenvalue weighted by Gasteiger charge is 2.13. The number of anilines is 2. The smallest absolute Gasteiger partial charge is 0.276 e. The first-order chi connectivity index (χ1) is 12.1. The molecule has 0 spiro atoms. The molecule has 25 heavy (non-hydrogen) atoms. The fraction of sp³-hybridized carbons (Fsp3) is 0.278. The van der Waals surface area contributed by atoms with Gasteiger partial charge in [-0.2, -0.15) is 5.10 Å². The number of hydrogen-bond donors (Lipinski definition) is 2. The molecule has 0 saturated heterocycles. The fourth-order valence-electron chi connectivity index (χ4n) is 2.53. The highest BCUT2D eigenvalue weighted by molar-refractivity contribution is 7.15. The predicted molar refractivity (Wildman–Crippen MR) is 102 cm³/mol. The first-order valence-corrected chi connectivity index (χ1v) is 9.07. The van der Waals surface area contributed by atoms with E-state index in [0.29, 0.717) is 11.4 Å². The molecule has 0 aliphatic heterocycles. The quantitative estimate of drug-likeness (QED) is 0.702. The summed E-state index contributed by atoms with van der Waals surface area (Å²) in [6.45, 7) is 8.02. The Morgan fingerprint density at radius 1 is 1.24 bits per heavy atom. The molecule has 3 heterocycles. The molecule has 0 radical (unpaired) electrons. The van der Waals surface area contributed by atoms with Gasteiger partial charge >= 0.3 is 0 Å². The molecule has 0 bridgehead atoms. The predicted octanol–water partition coefficient (Wildman–Crippen LogP) is 3.94. The maximum absolute atomic E-state index is 12.4. The van der Waals surface area contributed by atoms with E-state index < -0.39 is 0 Å². The highest BCUT2D eigenvalue weighted by atomic mass is 32.1. The van der Waals surface area contributed by atoms with Crippen LogP contribution in [-0.4, -0.2) is 34.2 Å². The largest absolute Gasteiger partial charge is 0.357 e. The number of carbonyl (C=O) groups is 1. The van der Waals surface area contributed by atoms with Crippen molar-refractivity contribution in [3.63, 3.8) is 0 Å². The number of nitrogens with one attached hydrogen (secondary N) is 2. The summed E-state index contributed by atoms with van der Waals surface area (Å²) in [4.78, 5) is 21.2. The molecule has 3 aromatic rings. The average molecular weight is 355 g/mol. The summed E-state index contributed by atoms with van der Waals surface area (Å²) in [5.41, 5.74) is 1.85. The van der Waals surface area contributed by atoms with Crippen LogP contribution in [0, 0.1) is 6.92 Å². The molecular formula is C18H21N5OS. The number of rotatable bonds is 6. The van der Waals surface area contributed by atoms with Crippen molar-refractivity contribution in [1.29, 1.82) is 0 Å². The molecule has 0 aromatic carbocycles. The van der Waals surface area contributed by atoms with E-state index >= 15 is 0 Å². The first-order valence-electron chi connectivity index (χ1n) is 8.25. The molecule has 0 atom stereocenters. The van der Waals surface area contributed by atoms with Crippen molar-refractivity contribution < 1.29 is 4.79 Å². The van der Waals surface area contributed by atoms with E-state index in [1.165, 1.54) is 4.88 Å². The monoisotopic (exact) mass is 355 g/mol. The minimum absolute atomic E-state index is 0.256. The van der Waals surface area contributed by atoms with Gasteiger partial charge in [0.05, 0.1) is 22.5 Å². The van der Waals surface area contributed by atoms with Crippen LogP contribution in [0.1, 0.15) is 29.2 Å². The minimum atomic E-state index is -0.256. The lowest BCUT2D eigenvalue weighted by Gasteiger charge is -2.19. The number of aryl methyl sites for hydroxylation is 1. The Morgan fingerprint density at radius 3 is 2.64 bits per heavy atom. The number of H-pyrrole nitrogens is 1. The van der Waals surface area contributed by atoms with E-state index in [9.17, 15) is 4.79 Å². The molecule has 0 aliphatic carbocycles. The molecule has 7 heteroatoms. The summed E-state index contributed by atoms with van der Waals surface area (Å²) in [7, 11) is 0. The van der Waals surface area contributed by atoms with Crippen LogP contribution in [0.5, 0.6) is 0 Å². The van der Waals surface area contributed by atoms with Crippen molar-refractivity contribution in [2.45, 2.75) is 20.8 Å². The van der Waals surface area contributed by atoms with E-state index in [-0.39, 0.29) is 5.91 Å². The lowest BCUT2D eigenvalue weighted by atomic mass is 10.3. The third kappa shape index (κ3) is 3.88. The summed E-state index contributed by atoms with van der Waals surface area (Å²) in [6.07, 6.45) is 1.67. The number of aromatic amines is 1. The van der Waals surface area contributed by atoms with Crippen molar-refractivity contribution in [2.75, 3.05) is 23.3 Å². The van der Waals surface area contributed by atoms with Gasteiger partial charge in [-0.3, -0.25) is 9.89 Å². The molecule has 3 aromatic heterocycles. The average Bonchev–Trinajstić information content (AvgIpc) is 3.26. The highest BCUT2D eigenvalue weighted by Crippen LogP contribution is 2.26. The number of nitrogens with zero attached hydrogens (tertiary/aromatic N) is 3. The standard InChI is InChI=1S/C18H21N5OS/c1-4-23(5-2)17-9-7-13(11-19-17)20-18(24)15-10-14(21-22-15)16-8-6-12(3)25-16/h6-11H,4-5H2,1-3H3,(H,20,24)(H,21,22). The minimum Gasteiger partial charge on any atom is -0.357 e. The maximum Gasteiger partial charge on any atom is 0.276 e. The van der Waals surface area contributed by atoms with Gasteiger partial charge in [-0.15, -0.1) is 11.3 Å². The third-order valence-electron chi connectivity index (χ3n) is 3.91. The summed E-state index contributed by atoms with van der Waals surface area (Å²) in [5, 5.41) is 9.86. The van der Waals surface area contributed by atoms with Crippen molar-refractivity contribution in [3.05, 3.63) is 47.1 Å². The zero-order valence-electron chi connectivity index (χ0n) is 14.5. The molecule has 0 fully saturated rings. The maximum atomic E-state index is 12.4. The first kappa shape index (κ1) is 17.2. The Hall–Kier alpha value is -2.67. The van der Waals surface area contributed by atoms with Crippen molar-refractivity contribution in [1.82, 2.24) is 15.2 Å². The van der Waals surface area contributed by atoms with E-state index in [1.807, 2.05) is 31.2 Å². The van der Waals surface area contributed by atoms with Crippen LogP contribution in [0.4, 0.5) is 11.5 Å². The molecule has 2 N–H and O–H groups in total. The van der Waals surface area contributed by atoms with Gasteiger partial charge in [0.15, 0.2) is 5.69 Å². The van der Waals surface area contributed by atoms with Crippen molar-refractivity contribution in [3.8, 4) is 10.6 Å². The van der Waals surface area contributed by atoms with Gasteiger partial charge in [-0.1, -0.05) is 0 Å². The van der Waals surface area contributed by atoms with Crippen LogP contribution >= 0.6 is 11.3 Å². The van der Waals surface area contributed by atoms with E-state index in [0.717, 1.165) is 29.5 Å². The van der Waals surface area contributed by atoms with E-state index in [2.05, 4.69) is 39.2 Å². The Kier molecular flexibility index (Phi) is 5.14. The number of pyridine rings is 1. The number of thiophene rings is 1. The summed E-state index contributed by atoms with van der Waals surface area (Å²) in [6, 6.07) is 9.59. The second kappa shape index (κ2) is 7.48. The normalized spacial score (nSPS) is 10.7. The van der Waals surface area contributed by atoms with Gasteiger partial charge in [0, 0.05) is 18.0 Å². The molecule has 130 valence electrons. The number of aromatic nitrogens is 3. The molecule has 3 rings (SSSR count). The van der Waals surface area contributed by atoms with Gasteiger partial charge in [-0.25, -0.2) is 4.98 Å². The molecule has 0 saturated carbocycles. The third-order valence-corrected chi connectivity index (χ3v) is 4.94. The van der Waals surface area contributed by atoms with E-state index in [1.54, 1.807) is 23.6 Å². The van der Waals surface area contributed by atoms with Gasteiger partial charge < -0.3 is 10.2 Å². The Bertz CT molecular complexity index is 848. The summed E-state index contributed by atoms with van der Waals surface area (Å²) in [5.74, 6) is 0.645. The molecule has 1 amide bonds. The summed E-state index contributed by atoms with van der Waals surface area (Å²) >= 11 is 1.66. The Balaban J connectivity index is 1.69. The fourth-order valence-corrected chi connectivity index (χ4v) is 3.37. The van der Waals surface area contributed by atoms with Gasteiger partial charge in [0.25, 0.3) is 5.91 Å². The van der Waals surface area contributed by atoms with Crippen LogP contribution < -0.4 is 10.2 Å². The number of carbonyl (C=O) groups excluding carboxylic acids is 1. The molecule has 0 unspecified atom stereocenters. The van der Waals surface area contributed by atoms with Crippen LogP contribution in [-0.2, 0) is 0 Å². The SMILES string of the molecule is CCN(CC)c1ccc(NC(=O)c2cc(-c3ccc(C)s3)[nH]n2)cn1. The molecular weight excluding hydrogens is 334 g/mol. The molecule has 0 aliphatic rings. The lowest BCUT2D eigenvalue weighted by molar-refractivity contribution is 0.102. The number of amides is 1. The van der Waals surface area contributed by atoms with Crippen molar-refractivity contribution >= 4 is 28.7 Å². The van der Waals surface area contributed by atoms with Crippen LogP contribution in [0.2, 0.25) is 0 Å². The van der Waals surface area contributed by atoms with Gasteiger partial charge in [-0.05, 0) is 51.1 Å². The lowest BCUT2D eigenvalue weighted by Crippen LogP contribution is -2.22. The van der Waals surface area contributed by atoms with E-state index in [4.69, 9.17) is 0 Å². The zero-order chi connectivity index (χ0) is 17.8. The second-order valence-corrected chi connectivity index (χ2v) is 6.90. The van der Waals surface area contributed by atoms with Crippen LogP contribution in [0.15, 0.2) is 36.5 Å². The van der Waals surface area contributed by atoms with Crippen molar-refractivity contribution in [2.24, 2.45) is 0 Å². The summed E-state index contributed by atoms with van der Waals surface area (Å²) < 4.78 is 0. The molecule has 6 nitrogen and oxygen atoms in total. The Labute approximate surface area is 150 Å². The van der Waals surface area contributed by atoms with Gasteiger partial charge in [0.1, 0.15) is 5.82 Å². The second-order valence-electron chi connectivity index (χ2n) is 5.61. The topological polar surface area (TPSA) is 73.9 Å². The zero-order valence-corrected chi connectivity index (χ0v) is 15.4. The number of hydrogen-bond acceptors (Lipinski definition) is 5. The van der Waals surface area contributed by atoms with Crippen LogP contribution in [0.25, 0.3) is 10.6 Å². The Morgan fingerprint density at radius 2 is 2.04 bits per heavy atom. The van der Waals surface area contributed by atoms with Crippen LogP contribution in [0.3, 0.4) is 0 Å². The van der Waals surface area contributed by atoms with Gasteiger partial charge in [0.2, 0.25) is 0 Å².